The monoisotopic (exact) mass is 429 g/mol. The normalized spacial score (nSPS) is 16.4. The molecule has 0 spiro atoms. The quantitative estimate of drug-likeness (QED) is 0.462. The summed E-state index contributed by atoms with van der Waals surface area (Å²) in [6.45, 7) is 0.274. The summed E-state index contributed by atoms with van der Waals surface area (Å²) in [5.74, 6) is -0.673. The number of rotatable bonds is 12. The van der Waals surface area contributed by atoms with Crippen LogP contribution in [0.1, 0.15) is 71.5 Å². The Labute approximate surface area is 182 Å². The van der Waals surface area contributed by atoms with Crippen molar-refractivity contribution >= 4 is 28.9 Å². The van der Waals surface area contributed by atoms with E-state index in [1.165, 1.54) is 16.9 Å². The lowest BCUT2D eigenvalue weighted by molar-refractivity contribution is -0.117. The molecule has 1 atom stereocenters. The highest BCUT2D eigenvalue weighted by Gasteiger charge is 2.31. The Morgan fingerprint density at radius 2 is 1.77 bits per heavy atom. The number of benzene rings is 1. The van der Waals surface area contributed by atoms with Crippen LogP contribution in [0.15, 0.2) is 36.4 Å². The van der Waals surface area contributed by atoms with Gasteiger partial charge in [-0.25, -0.2) is 4.79 Å². The molecule has 2 N–H and O–H groups in total. The first-order valence-corrected chi connectivity index (χ1v) is 11.7. The number of carbonyl (C=O) groups is 2. The molecule has 1 saturated heterocycles. The minimum atomic E-state index is -0.868. The van der Waals surface area contributed by atoms with E-state index in [-0.39, 0.29) is 18.6 Å². The molecule has 6 heteroatoms. The van der Waals surface area contributed by atoms with E-state index in [4.69, 9.17) is 10.2 Å². The van der Waals surface area contributed by atoms with Gasteiger partial charge in [-0.05, 0) is 74.8 Å². The SMILES string of the molecule is O=C(O)c1ccc(CCC[C@H]2CCC(=O)N2c2ccc(CCCCCCO)cc2)s1. The molecule has 1 aliphatic heterocycles. The van der Waals surface area contributed by atoms with Gasteiger partial charge in [0.1, 0.15) is 4.88 Å². The first-order chi connectivity index (χ1) is 14.6. The molecule has 2 heterocycles. The van der Waals surface area contributed by atoms with E-state index in [1.54, 1.807) is 6.07 Å². The molecule has 1 aromatic carbocycles. The molecule has 0 aliphatic carbocycles. The van der Waals surface area contributed by atoms with E-state index in [2.05, 4.69) is 24.3 Å². The van der Waals surface area contributed by atoms with E-state index in [0.29, 0.717) is 11.3 Å². The summed E-state index contributed by atoms with van der Waals surface area (Å²) in [7, 11) is 0. The van der Waals surface area contributed by atoms with Gasteiger partial charge in [-0.3, -0.25) is 4.79 Å². The molecule has 162 valence electrons. The predicted molar refractivity (Wildman–Crippen MR) is 120 cm³/mol. The molecule has 0 saturated carbocycles. The Morgan fingerprint density at radius 3 is 2.47 bits per heavy atom. The Kier molecular flexibility index (Phi) is 8.46. The van der Waals surface area contributed by atoms with Crippen LogP contribution in [0.25, 0.3) is 0 Å². The summed E-state index contributed by atoms with van der Waals surface area (Å²) >= 11 is 1.34. The Bertz CT molecular complexity index is 830. The highest BCUT2D eigenvalue weighted by molar-refractivity contribution is 7.13. The summed E-state index contributed by atoms with van der Waals surface area (Å²) in [5, 5.41) is 17.9. The van der Waals surface area contributed by atoms with E-state index in [0.717, 1.165) is 68.4 Å². The standard InChI is InChI=1S/C24H31NO4S/c26-17-4-2-1-3-6-18-9-11-20(12-10-18)25-19(13-16-23(25)27)7-5-8-21-14-15-22(30-21)24(28)29/h9-12,14-15,19,26H,1-8,13,16-17H2,(H,28,29)/t19-/m0/s1. The smallest absolute Gasteiger partial charge is 0.345 e. The van der Waals surface area contributed by atoms with Crippen LogP contribution in [-0.2, 0) is 17.6 Å². The van der Waals surface area contributed by atoms with Crippen molar-refractivity contribution in [2.45, 2.75) is 70.3 Å². The van der Waals surface area contributed by atoms with Gasteiger partial charge in [0.15, 0.2) is 0 Å². The van der Waals surface area contributed by atoms with Crippen LogP contribution >= 0.6 is 11.3 Å². The van der Waals surface area contributed by atoms with Gasteiger partial charge in [0.2, 0.25) is 5.91 Å². The maximum Gasteiger partial charge on any atom is 0.345 e. The van der Waals surface area contributed by atoms with Gasteiger partial charge in [-0.2, -0.15) is 0 Å². The molecule has 1 aliphatic rings. The summed E-state index contributed by atoms with van der Waals surface area (Å²) in [6.07, 6.45) is 9.44. The Balaban J connectivity index is 1.50. The lowest BCUT2D eigenvalue weighted by Crippen LogP contribution is -2.32. The van der Waals surface area contributed by atoms with Gasteiger partial charge in [0.05, 0.1) is 0 Å². The third-order valence-corrected chi connectivity index (χ3v) is 6.88. The van der Waals surface area contributed by atoms with Crippen LogP contribution in [0, 0.1) is 0 Å². The zero-order chi connectivity index (χ0) is 21.3. The minimum absolute atomic E-state index is 0.195. The number of anilines is 1. The Hall–Kier alpha value is -2.18. The van der Waals surface area contributed by atoms with E-state index in [9.17, 15) is 9.59 Å². The van der Waals surface area contributed by atoms with E-state index >= 15 is 0 Å². The molecule has 5 nitrogen and oxygen atoms in total. The van der Waals surface area contributed by atoms with E-state index < -0.39 is 5.97 Å². The van der Waals surface area contributed by atoms with Crippen LogP contribution in [0.4, 0.5) is 5.69 Å². The lowest BCUT2D eigenvalue weighted by atomic mass is 10.0. The number of carboxylic acid groups (broad SMARTS) is 1. The molecular formula is C24H31NO4S. The minimum Gasteiger partial charge on any atom is -0.477 e. The number of hydrogen-bond donors (Lipinski definition) is 2. The van der Waals surface area contributed by atoms with Crippen LogP contribution in [-0.4, -0.2) is 34.7 Å². The number of amides is 1. The van der Waals surface area contributed by atoms with Gasteiger partial charge >= 0.3 is 5.97 Å². The number of hydrogen-bond acceptors (Lipinski definition) is 4. The van der Waals surface area contributed by atoms with Gasteiger partial charge < -0.3 is 15.1 Å². The predicted octanol–water partition coefficient (Wildman–Crippen LogP) is 5.06. The summed E-state index contributed by atoms with van der Waals surface area (Å²) < 4.78 is 0. The average Bonchev–Trinajstić information content (AvgIpc) is 3.36. The summed E-state index contributed by atoms with van der Waals surface area (Å²) in [6, 6.07) is 12.2. The molecule has 3 rings (SSSR count). The molecule has 30 heavy (non-hydrogen) atoms. The number of unbranched alkanes of at least 4 members (excludes halogenated alkanes) is 3. The topological polar surface area (TPSA) is 77.8 Å². The van der Waals surface area contributed by atoms with Crippen molar-refractivity contribution in [1.82, 2.24) is 0 Å². The third-order valence-electron chi connectivity index (χ3n) is 5.75. The molecule has 1 fully saturated rings. The van der Waals surface area contributed by atoms with Crippen LogP contribution < -0.4 is 4.90 Å². The van der Waals surface area contributed by atoms with E-state index in [1.807, 2.05) is 11.0 Å². The van der Waals surface area contributed by atoms with Crippen LogP contribution in [0.5, 0.6) is 0 Å². The maximum atomic E-state index is 12.5. The largest absolute Gasteiger partial charge is 0.477 e. The first kappa shape index (κ1) is 22.5. The molecule has 0 bridgehead atoms. The van der Waals surface area contributed by atoms with Gasteiger partial charge in [0.25, 0.3) is 0 Å². The van der Waals surface area contributed by atoms with Crippen molar-refractivity contribution in [2.24, 2.45) is 0 Å². The number of aromatic carboxylic acids is 1. The number of aliphatic hydroxyl groups is 1. The van der Waals surface area contributed by atoms with Crippen LogP contribution in [0.2, 0.25) is 0 Å². The van der Waals surface area contributed by atoms with Gasteiger partial charge in [-0.15, -0.1) is 11.3 Å². The second-order valence-electron chi connectivity index (χ2n) is 7.97. The number of nitrogens with zero attached hydrogens (tertiary/aromatic N) is 1. The number of aryl methyl sites for hydroxylation is 2. The summed E-state index contributed by atoms with van der Waals surface area (Å²) in [5.41, 5.74) is 2.27. The van der Waals surface area contributed by atoms with Crippen molar-refractivity contribution in [3.8, 4) is 0 Å². The van der Waals surface area contributed by atoms with Crippen molar-refractivity contribution in [3.05, 3.63) is 51.7 Å². The number of carboxylic acids is 1. The van der Waals surface area contributed by atoms with Gasteiger partial charge in [0, 0.05) is 29.6 Å². The molecule has 1 aromatic heterocycles. The highest BCUT2D eigenvalue weighted by atomic mass is 32.1. The van der Waals surface area contributed by atoms with Gasteiger partial charge in [-0.1, -0.05) is 25.0 Å². The maximum absolute atomic E-state index is 12.5. The molecular weight excluding hydrogens is 398 g/mol. The lowest BCUT2D eigenvalue weighted by Gasteiger charge is -2.25. The fraction of sp³-hybridized carbons (Fsp3) is 0.500. The highest BCUT2D eigenvalue weighted by Crippen LogP contribution is 2.30. The zero-order valence-corrected chi connectivity index (χ0v) is 18.2. The molecule has 1 amide bonds. The molecule has 0 unspecified atom stereocenters. The number of carbonyl (C=O) groups excluding carboxylic acids is 1. The van der Waals surface area contributed by atoms with Crippen LogP contribution in [0.3, 0.4) is 0 Å². The molecule has 2 aromatic rings. The number of thiophene rings is 1. The van der Waals surface area contributed by atoms with Crippen molar-refractivity contribution < 1.29 is 19.8 Å². The third kappa shape index (κ3) is 6.16. The number of aliphatic hydroxyl groups excluding tert-OH is 1. The second kappa shape index (κ2) is 11.3. The fourth-order valence-electron chi connectivity index (χ4n) is 4.13. The first-order valence-electron chi connectivity index (χ1n) is 10.9. The average molecular weight is 430 g/mol. The fourth-order valence-corrected chi connectivity index (χ4v) is 5.02. The van der Waals surface area contributed by atoms with Crippen molar-refractivity contribution in [1.29, 1.82) is 0 Å². The van der Waals surface area contributed by atoms with Crippen molar-refractivity contribution in [2.75, 3.05) is 11.5 Å². The Morgan fingerprint density at radius 1 is 1.00 bits per heavy atom. The molecule has 0 radical (unpaired) electrons. The zero-order valence-electron chi connectivity index (χ0n) is 17.4. The summed E-state index contributed by atoms with van der Waals surface area (Å²) in [4.78, 5) is 26.9. The van der Waals surface area contributed by atoms with Crippen molar-refractivity contribution in [3.63, 3.8) is 0 Å². The second-order valence-corrected chi connectivity index (χ2v) is 9.14.